The lowest BCUT2D eigenvalue weighted by Gasteiger charge is -2.16. The molecular weight excluding hydrogens is 400 g/mol. The van der Waals surface area contributed by atoms with E-state index < -0.39 is 6.03 Å². The number of nitriles is 1. The number of amides is 2. The van der Waals surface area contributed by atoms with Crippen LogP contribution in [0.25, 0.3) is 0 Å². The van der Waals surface area contributed by atoms with E-state index in [9.17, 15) is 4.79 Å². The minimum absolute atomic E-state index is 0.00717. The number of fused-ring (bicyclic) bond motifs is 3. The number of carbonyl (C=O) groups is 1. The molecule has 29 heavy (non-hydrogen) atoms. The molecule has 4 N–H and O–H groups in total. The van der Waals surface area contributed by atoms with E-state index in [0.717, 1.165) is 0 Å². The van der Waals surface area contributed by atoms with E-state index in [4.69, 9.17) is 31.4 Å². The van der Waals surface area contributed by atoms with Gasteiger partial charge < -0.3 is 25.2 Å². The minimum Gasteiger partial charge on any atom is -0.487 e. The molecule has 150 valence electrons. The van der Waals surface area contributed by atoms with Gasteiger partial charge in [-0.2, -0.15) is 10.2 Å². The summed E-state index contributed by atoms with van der Waals surface area (Å²) in [7, 11) is 0. The molecular formula is C18H17ClN6O4. The summed E-state index contributed by atoms with van der Waals surface area (Å²) in [5.41, 5.74) is 0.899. The quantitative estimate of drug-likeness (QED) is 0.559. The van der Waals surface area contributed by atoms with Gasteiger partial charge in [0.15, 0.2) is 5.82 Å². The Morgan fingerprint density at radius 1 is 1.28 bits per heavy atom. The number of aliphatic hydroxyl groups is 1. The third-order valence-electron chi connectivity index (χ3n) is 3.65. The van der Waals surface area contributed by atoms with Gasteiger partial charge in [-0.05, 0) is 18.2 Å². The summed E-state index contributed by atoms with van der Waals surface area (Å²) in [6.07, 6.45) is 4.67. The second-order valence-corrected chi connectivity index (χ2v) is 6.08. The van der Waals surface area contributed by atoms with Crippen molar-refractivity contribution in [1.29, 1.82) is 5.26 Å². The van der Waals surface area contributed by atoms with Crippen molar-refractivity contribution in [3.63, 3.8) is 0 Å². The average molecular weight is 417 g/mol. The Labute approximate surface area is 171 Å². The number of urea groups is 1. The number of rotatable bonds is 3. The van der Waals surface area contributed by atoms with Crippen LogP contribution in [0.4, 0.5) is 22.0 Å². The first kappa shape index (κ1) is 20.2. The standard InChI is InChI=1S/C18H17ClN6O4/c19-11-7-13-15(8-12(11)21-3-4-26)28-5-1-2-6-29-17-14(9-20)22-10-16(24-17)25-18(27)23-13/h1-2,7-8,10,21,26H,3-6H2,(H2,23,24,25,27)/b2-1-. The summed E-state index contributed by atoms with van der Waals surface area (Å²) in [6, 6.07) is 4.43. The summed E-state index contributed by atoms with van der Waals surface area (Å²) in [4.78, 5) is 20.4. The molecule has 1 aromatic heterocycles. The van der Waals surface area contributed by atoms with Crippen LogP contribution in [0.3, 0.4) is 0 Å². The third kappa shape index (κ3) is 5.25. The number of nitrogens with one attached hydrogen (secondary N) is 3. The maximum atomic E-state index is 12.4. The molecule has 0 saturated heterocycles. The van der Waals surface area contributed by atoms with Gasteiger partial charge in [0, 0.05) is 12.6 Å². The summed E-state index contributed by atoms with van der Waals surface area (Å²) in [5.74, 6) is 0.488. The molecule has 0 saturated carbocycles. The smallest absolute Gasteiger partial charge is 0.325 e. The highest BCUT2D eigenvalue weighted by atomic mass is 35.5. The topological polar surface area (TPSA) is 141 Å². The summed E-state index contributed by atoms with van der Waals surface area (Å²) < 4.78 is 11.2. The molecule has 0 unspecified atom stereocenters. The van der Waals surface area contributed by atoms with Crippen LogP contribution < -0.4 is 25.4 Å². The first-order valence-electron chi connectivity index (χ1n) is 8.54. The molecule has 2 bridgehead atoms. The number of aromatic nitrogens is 2. The second kappa shape index (κ2) is 9.59. The van der Waals surface area contributed by atoms with Crippen LogP contribution in [-0.4, -0.2) is 47.5 Å². The molecule has 1 aliphatic heterocycles. The molecule has 1 aliphatic rings. The number of hydrogen-bond acceptors (Lipinski definition) is 8. The van der Waals surface area contributed by atoms with Crippen molar-refractivity contribution in [1.82, 2.24) is 9.97 Å². The lowest BCUT2D eigenvalue weighted by molar-refractivity contribution is 0.262. The number of nitrogens with zero attached hydrogens (tertiary/aromatic N) is 3. The second-order valence-electron chi connectivity index (χ2n) is 5.67. The minimum atomic E-state index is -0.612. The fraction of sp³-hybridized carbons (Fsp3) is 0.222. The zero-order chi connectivity index (χ0) is 20.6. The van der Waals surface area contributed by atoms with Gasteiger partial charge in [0.1, 0.15) is 25.0 Å². The molecule has 3 rings (SSSR count). The molecule has 2 heterocycles. The van der Waals surface area contributed by atoms with Gasteiger partial charge in [-0.15, -0.1) is 0 Å². The van der Waals surface area contributed by atoms with Crippen LogP contribution in [0.1, 0.15) is 5.69 Å². The van der Waals surface area contributed by atoms with Crippen molar-refractivity contribution in [2.75, 3.05) is 42.3 Å². The normalized spacial score (nSPS) is 14.6. The Balaban J connectivity index is 1.91. The Morgan fingerprint density at radius 2 is 2.07 bits per heavy atom. The van der Waals surface area contributed by atoms with Crippen molar-refractivity contribution in [3.05, 3.63) is 41.2 Å². The molecule has 11 heteroatoms. The van der Waals surface area contributed by atoms with E-state index >= 15 is 0 Å². The van der Waals surface area contributed by atoms with Crippen LogP contribution in [-0.2, 0) is 0 Å². The van der Waals surface area contributed by atoms with Crippen molar-refractivity contribution in [2.45, 2.75) is 0 Å². The van der Waals surface area contributed by atoms with E-state index in [0.29, 0.717) is 28.7 Å². The van der Waals surface area contributed by atoms with Crippen LogP contribution in [0, 0.1) is 11.3 Å². The van der Waals surface area contributed by atoms with Crippen LogP contribution in [0.2, 0.25) is 5.02 Å². The van der Waals surface area contributed by atoms with Crippen molar-refractivity contribution in [2.24, 2.45) is 0 Å². The first-order valence-corrected chi connectivity index (χ1v) is 8.92. The van der Waals surface area contributed by atoms with E-state index in [2.05, 4.69) is 25.9 Å². The van der Waals surface area contributed by atoms with Crippen molar-refractivity contribution in [3.8, 4) is 17.7 Å². The van der Waals surface area contributed by atoms with E-state index in [1.165, 1.54) is 12.3 Å². The maximum absolute atomic E-state index is 12.4. The zero-order valence-electron chi connectivity index (χ0n) is 15.1. The summed E-state index contributed by atoms with van der Waals surface area (Å²) in [6.45, 7) is 0.575. The Bertz CT molecular complexity index is 976. The zero-order valence-corrected chi connectivity index (χ0v) is 15.9. The average Bonchev–Trinajstić information content (AvgIpc) is 2.70. The Kier molecular flexibility index (Phi) is 6.67. The highest BCUT2D eigenvalue weighted by Gasteiger charge is 2.15. The van der Waals surface area contributed by atoms with Gasteiger partial charge in [0.25, 0.3) is 5.88 Å². The fourth-order valence-electron chi connectivity index (χ4n) is 2.38. The van der Waals surface area contributed by atoms with Crippen LogP contribution >= 0.6 is 11.6 Å². The molecule has 0 radical (unpaired) electrons. The Hall–Kier alpha value is -3.55. The first-order chi connectivity index (χ1) is 14.1. The number of anilines is 3. The predicted octanol–water partition coefficient (Wildman–Crippen LogP) is 2.38. The van der Waals surface area contributed by atoms with Crippen LogP contribution in [0.15, 0.2) is 30.5 Å². The number of ether oxygens (including phenoxy) is 2. The highest BCUT2D eigenvalue weighted by molar-refractivity contribution is 6.33. The predicted molar refractivity (Wildman–Crippen MR) is 107 cm³/mol. The molecule has 0 spiro atoms. The molecule has 0 aliphatic carbocycles. The van der Waals surface area contributed by atoms with Gasteiger partial charge in [-0.3, -0.25) is 5.32 Å². The monoisotopic (exact) mass is 416 g/mol. The van der Waals surface area contributed by atoms with Gasteiger partial charge in [0.2, 0.25) is 5.69 Å². The molecule has 2 amide bonds. The maximum Gasteiger partial charge on any atom is 0.325 e. The van der Waals surface area contributed by atoms with Gasteiger partial charge in [-0.1, -0.05) is 11.6 Å². The number of aliphatic hydroxyl groups excluding tert-OH is 1. The molecule has 0 atom stereocenters. The fourth-order valence-corrected chi connectivity index (χ4v) is 2.61. The highest BCUT2D eigenvalue weighted by Crippen LogP contribution is 2.35. The summed E-state index contributed by atoms with van der Waals surface area (Å²) >= 11 is 6.25. The Morgan fingerprint density at radius 3 is 2.83 bits per heavy atom. The lowest BCUT2D eigenvalue weighted by atomic mass is 10.2. The number of carbonyl (C=O) groups excluding carboxylic acids is 1. The van der Waals surface area contributed by atoms with E-state index in [-0.39, 0.29) is 37.2 Å². The van der Waals surface area contributed by atoms with Gasteiger partial charge in [0.05, 0.1) is 29.2 Å². The molecule has 0 fully saturated rings. The third-order valence-corrected chi connectivity index (χ3v) is 3.96. The molecule has 1 aromatic carbocycles. The largest absolute Gasteiger partial charge is 0.487 e. The molecule has 10 nitrogen and oxygen atoms in total. The molecule has 2 aromatic rings. The number of hydrogen-bond donors (Lipinski definition) is 4. The van der Waals surface area contributed by atoms with E-state index in [1.807, 2.05) is 6.07 Å². The summed E-state index contributed by atoms with van der Waals surface area (Å²) in [5, 5.41) is 26.6. The van der Waals surface area contributed by atoms with Gasteiger partial charge >= 0.3 is 6.03 Å². The van der Waals surface area contributed by atoms with Crippen molar-refractivity contribution >= 4 is 34.8 Å². The number of benzene rings is 1. The van der Waals surface area contributed by atoms with E-state index in [1.54, 1.807) is 18.2 Å². The number of halogens is 1. The van der Waals surface area contributed by atoms with Crippen molar-refractivity contribution < 1.29 is 19.4 Å². The van der Waals surface area contributed by atoms with Crippen LogP contribution in [0.5, 0.6) is 11.6 Å². The van der Waals surface area contributed by atoms with Gasteiger partial charge in [-0.25, -0.2) is 9.78 Å². The lowest BCUT2D eigenvalue weighted by Crippen LogP contribution is -2.21. The SMILES string of the molecule is N#Cc1ncc2nc1OC/C=C\COc1cc(NCCO)c(Cl)cc1NC(=O)N2.